The van der Waals surface area contributed by atoms with Crippen molar-refractivity contribution in [1.29, 1.82) is 0 Å². The first kappa shape index (κ1) is 16.3. The number of carbonyl (C=O) groups is 1. The Morgan fingerprint density at radius 1 is 1.33 bits per heavy atom. The number of hydrogen-bond acceptors (Lipinski definition) is 4. The van der Waals surface area contributed by atoms with Gasteiger partial charge in [-0.05, 0) is 37.5 Å². The number of ether oxygens (including phenoxy) is 1. The Kier molecular flexibility index (Phi) is 4.91. The fraction of sp³-hybridized carbons (Fsp3) is 0.500. The predicted octanol–water partition coefficient (Wildman–Crippen LogP) is 2.22. The third-order valence-electron chi connectivity index (χ3n) is 3.69. The van der Waals surface area contributed by atoms with Gasteiger partial charge in [0.15, 0.2) is 0 Å². The first-order valence-electron chi connectivity index (χ1n) is 6.70. The Balaban J connectivity index is 2.17. The van der Waals surface area contributed by atoms with Crippen molar-refractivity contribution in [3.05, 3.63) is 28.8 Å². The summed E-state index contributed by atoms with van der Waals surface area (Å²) in [5.41, 5.74) is 0.906. The molecule has 1 heterocycles. The molecule has 1 saturated heterocycles. The van der Waals surface area contributed by atoms with E-state index >= 15 is 0 Å². The molecular weight excluding hydrogens is 314 g/mol. The number of benzene rings is 1. The maximum absolute atomic E-state index is 12.6. The van der Waals surface area contributed by atoms with Gasteiger partial charge < -0.3 is 4.74 Å². The molecule has 0 saturated carbocycles. The molecule has 1 aliphatic rings. The van der Waals surface area contributed by atoms with Gasteiger partial charge in [0.25, 0.3) is 0 Å². The highest BCUT2D eigenvalue weighted by Gasteiger charge is 2.33. The first-order valence-corrected chi connectivity index (χ1v) is 8.52. The van der Waals surface area contributed by atoms with Crippen LogP contribution in [0.15, 0.2) is 23.1 Å². The van der Waals surface area contributed by atoms with Crippen molar-refractivity contribution in [1.82, 2.24) is 4.31 Å². The second-order valence-electron chi connectivity index (χ2n) is 5.14. The number of carbonyl (C=O) groups excluding carboxylic acids is 1. The molecule has 1 aromatic carbocycles. The van der Waals surface area contributed by atoms with Crippen LogP contribution in [-0.4, -0.2) is 38.9 Å². The van der Waals surface area contributed by atoms with Gasteiger partial charge in [-0.3, -0.25) is 4.79 Å². The van der Waals surface area contributed by atoms with Gasteiger partial charge in [-0.1, -0.05) is 17.7 Å². The summed E-state index contributed by atoms with van der Waals surface area (Å²) in [6.45, 7) is 2.45. The lowest BCUT2D eigenvalue weighted by atomic mass is 9.99. The van der Waals surface area contributed by atoms with Crippen molar-refractivity contribution < 1.29 is 17.9 Å². The van der Waals surface area contributed by atoms with Crippen LogP contribution in [-0.2, 0) is 19.6 Å². The molecule has 0 amide bonds. The molecule has 0 N–H and O–H groups in total. The van der Waals surface area contributed by atoms with Crippen LogP contribution in [0.2, 0.25) is 5.02 Å². The molecule has 7 heteroatoms. The second kappa shape index (κ2) is 6.34. The van der Waals surface area contributed by atoms with E-state index in [4.69, 9.17) is 16.3 Å². The van der Waals surface area contributed by atoms with Crippen LogP contribution in [0.4, 0.5) is 0 Å². The standard InChI is InChI=1S/C14H18ClNO4S/c1-10-3-4-13(12(15)9-10)21(18,19)16-7-5-11(6-8-16)14(17)20-2/h3-4,9,11H,5-8H2,1-2H3. The van der Waals surface area contributed by atoms with E-state index in [1.165, 1.54) is 17.5 Å². The number of halogens is 1. The molecule has 0 aromatic heterocycles. The Morgan fingerprint density at radius 2 is 1.95 bits per heavy atom. The molecule has 0 radical (unpaired) electrons. The van der Waals surface area contributed by atoms with Crippen LogP contribution in [0, 0.1) is 12.8 Å². The predicted molar refractivity (Wildman–Crippen MR) is 79.7 cm³/mol. The molecule has 0 spiro atoms. The van der Waals surface area contributed by atoms with E-state index in [9.17, 15) is 13.2 Å². The van der Waals surface area contributed by atoms with Gasteiger partial charge in [-0.25, -0.2) is 8.42 Å². The molecule has 1 aliphatic heterocycles. The monoisotopic (exact) mass is 331 g/mol. The van der Waals surface area contributed by atoms with Gasteiger partial charge in [0, 0.05) is 13.1 Å². The van der Waals surface area contributed by atoms with E-state index in [0.717, 1.165) is 5.56 Å². The lowest BCUT2D eigenvalue weighted by Gasteiger charge is -2.30. The number of nitrogens with zero attached hydrogens (tertiary/aromatic N) is 1. The Morgan fingerprint density at radius 3 is 2.48 bits per heavy atom. The van der Waals surface area contributed by atoms with Crippen LogP contribution in [0.5, 0.6) is 0 Å². The highest BCUT2D eigenvalue weighted by atomic mass is 35.5. The summed E-state index contributed by atoms with van der Waals surface area (Å²) in [5, 5.41) is 0.227. The maximum Gasteiger partial charge on any atom is 0.308 e. The smallest absolute Gasteiger partial charge is 0.308 e. The van der Waals surface area contributed by atoms with Gasteiger partial charge in [-0.15, -0.1) is 0 Å². The molecule has 5 nitrogen and oxygen atoms in total. The normalized spacial score (nSPS) is 17.7. The van der Waals surface area contributed by atoms with Crippen LogP contribution in [0.1, 0.15) is 18.4 Å². The summed E-state index contributed by atoms with van der Waals surface area (Å²) in [7, 11) is -2.27. The summed E-state index contributed by atoms with van der Waals surface area (Å²) in [6, 6.07) is 4.88. The Bertz CT molecular complexity index is 636. The minimum absolute atomic E-state index is 0.117. The fourth-order valence-corrected chi connectivity index (χ4v) is 4.50. The fourth-order valence-electron chi connectivity index (χ4n) is 2.45. The van der Waals surface area contributed by atoms with Crippen LogP contribution >= 0.6 is 11.6 Å². The van der Waals surface area contributed by atoms with Crippen molar-refractivity contribution in [3.8, 4) is 0 Å². The van der Waals surface area contributed by atoms with Crippen LogP contribution in [0.3, 0.4) is 0 Å². The summed E-state index contributed by atoms with van der Waals surface area (Å²) < 4.78 is 31.3. The third-order valence-corrected chi connectivity index (χ3v) is 6.08. The number of esters is 1. The van der Waals surface area contributed by atoms with E-state index in [-0.39, 0.29) is 21.8 Å². The molecule has 116 valence electrons. The van der Waals surface area contributed by atoms with E-state index in [1.54, 1.807) is 12.1 Å². The average molecular weight is 332 g/mol. The number of hydrogen-bond donors (Lipinski definition) is 0. The minimum atomic E-state index is -3.62. The number of sulfonamides is 1. The van der Waals surface area contributed by atoms with E-state index in [0.29, 0.717) is 25.9 Å². The van der Waals surface area contributed by atoms with Crippen molar-refractivity contribution in [2.75, 3.05) is 20.2 Å². The van der Waals surface area contributed by atoms with Crippen LogP contribution in [0.25, 0.3) is 0 Å². The molecule has 0 atom stereocenters. The van der Waals surface area contributed by atoms with Gasteiger partial charge >= 0.3 is 5.97 Å². The van der Waals surface area contributed by atoms with E-state index in [1.807, 2.05) is 6.92 Å². The first-order chi connectivity index (χ1) is 9.86. The van der Waals surface area contributed by atoms with Crippen LogP contribution < -0.4 is 0 Å². The Hall–Kier alpha value is -1.11. The summed E-state index contributed by atoms with van der Waals surface area (Å²) in [4.78, 5) is 11.6. The molecule has 1 fully saturated rings. The highest BCUT2D eigenvalue weighted by Crippen LogP contribution is 2.29. The van der Waals surface area contributed by atoms with Gasteiger partial charge in [-0.2, -0.15) is 4.31 Å². The Labute approximate surface area is 129 Å². The van der Waals surface area contributed by atoms with E-state index < -0.39 is 10.0 Å². The SMILES string of the molecule is COC(=O)C1CCN(S(=O)(=O)c2ccc(C)cc2Cl)CC1. The van der Waals surface area contributed by atoms with Gasteiger partial charge in [0.1, 0.15) is 4.90 Å². The zero-order valence-electron chi connectivity index (χ0n) is 12.0. The van der Waals surface area contributed by atoms with Crippen molar-refractivity contribution in [2.24, 2.45) is 5.92 Å². The molecular formula is C14H18ClNO4S. The lowest BCUT2D eigenvalue weighted by molar-refractivity contribution is -0.146. The largest absolute Gasteiger partial charge is 0.469 e. The van der Waals surface area contributed by atoms with E-state index in [2.05, 4.69) is 0 Å². The van der Waals surface area contributed by atoms with Gasteiger partial charge in [0.2, 0.25) is 10.0 Å². The number of piperidine rings is 1. The number of aryl methyl sites for hydroxylation is 1. The lowest BCUT2D eigenvalue weighted by Crippen LogP contribution is -2.40. The quantitative estimate of drug-likeness (QED) is 0.797. The molecule has 0 bridgehead atoms. The van der Waals surface area contributed by atoms with Gasteiger partial charge in [0.05, 0.1) is 18.1 Å². The minimum Gasteiger partial charge on any atom is -0.469 e. The highest BCUT2D eigenvalue weighted by molar-refractivity contribution is 7.89. The summed E-state index contributed by atoms with van der Waals surface area (Å²) in [6.07, 6.45) is 0.935. The van der Waals surface area contributed by atoms with Crippen molar-refractivity contribution in [3.63, 3.8) is 0 Å². The van der Waals surface area contributed by atoms with Crippen molar-refractivity contribution >= 4 is 27.6 Å². The summed E-state index contributed by atoms with van der Waals surface area (Å²) >= 11 is 6.05. The second-order valence-corrected chi connectivity index (χ2v) is 7.45. The van der Waals surface area contributed by atoms with Crippen molar-refractivity contribution in [2.45, 2.75) is 24.7 Å². The molecule has 1 aromatic rings. The number of methoxy groups -OCH3 is 1. The zero-order chi connectivity index (χ0) is 15.6. The molecule has 2 rings (SSSR count). The third kappa shape index (κ3) is 3.39. The average Bonchev–Trinajstić information content (AvgIpc) is 2.46. The number of rotatable bonds is 3. The molecule has 0 aliphatic carbocycles. The maximum atomic E-state index is 12.6. The summed E-state index contributed by atoms with van der Waals surface area (Å²) in [5.74, 6) is -0.504. The topological polar surface area (TPSA) is 63.7 Å². The molecule has 21 heavy (non-hydrogen) atoms. The molecule has 0 unspecified atom stereocenters. The zero-order valence-corrected chi connectivity index (χ0v) is 13.6.